The number of ether oxygens (including phenoxy) is 1. The zero-order valence-electron chi connectivity index (χ0n) is 16.2. The minimum absolute atomic E-state index is 0.0576. The first-order valence-electron chi connectivity index (χ1n) is 9.25. The van der Waals surface area contributed by atoms with Gasteiger partial charge in [0, 0.05) is 31.4 Å². The summed E-state index contributed by atoms with van der Waals surface area (Å²) in [5, 5.41) is 2.86. The molecule has 0 saturated heterocycles. The second-order valence-electron chi connectivity index (χ2n) is 7.79. The Kier molecular flexibility index (Phi) is 6.62. The molecule has 26 heavy (non-hydrogen) atoms. The number of esters is 1. The van der Waals surface area contributed by atoms with Gasteiger partial charge in [0.1, 0.15) is 5.76 Å². The number of methoxy groups -OCH3 is 1. The quantitative estimate of drug-likeness (QED) is 0.563. The summed E-state index contributed by atoms with van der Waals surface area (Å²) in [6, 6.07) is 0. The molecule has 0 bridgehead atoms. The van der Waals surface area contributed by atoms with Gasteiger partial charge in [0.15, 0.2) is 11.5 Å². The van der Waals surface area contributed by atoms with Crippen LogP contribution in [0.1, 0.15) is 84.6 Å². The van der Waals surface area contributed by atoms with Crippen molar-refractivity contribution in [2.45, 2.75) is 65.7 Å². The van der Waals surface area contributed by atoms with Crippen LogP contribution < -0.4 is 5.32 Å². The number of carbonyl (C=O) groups is 3. The molecule has 0 atom stereocenters. The lowest BCUT2D eigenvalue weighted by Gasteiger charge is -2.27. The van der Waals surface area contributed by atoms with Crippen molar-refractivity contribution in [2.75, 3.05) is 13.7 Å². The minimum Gasteiger partial charge on any atom is -0.469 e. The smallest absolute Gasteiger partial charge is 0.305 e. The lowest BCUT2D eigenvalue weighted by atomic mass is 9.76. The summed E-state index contributed by atoms with van der Waals surface area (Å²) < 4.78 is 10.3. The highest BCUT2D eigenvalue weighted by Gasteiger charge is 2.36. The average molecular weight is 363 g/mol. The van der Waals surface area contributed by atoms with E-state index in [1.807, 2.05) is 13.8 Å². The number of amides is 1. The second-order valence-corrected chi connectivity index (χ2v) is 7.79. The van der Waals surface area contributed by atoms with Crippen molar-refractivity contribution in [1.82, 2.24) is 5.32 Å². The fourth-order valence-corrected chi connectivity index (χ4v) is 3.43. The van der Waals surface area contributed by atoms with Gasteiger partial charge in [-0.2, -0.15) is 0 Å². The molecule has 1 N–H and O–H groups in total. The van der Waals surface area contributed by atoms with Gasteiger partial charge in [-0.05, 0) is 25.2 Å². The lowest BCUT2D eigenvalue weighted by molar-refractivity contribution is -0.140. The van der Waals surface area contributed by atoms with E-state index in [0.29, 0.717) is 42.7 Å². The van der Waals surface area contributed by atoms with Crippen molar-refractivity contribution in [3.8, 4) is 0 Å². The number of furan rings is 1. The Balaban J connectivity index is 1.82. The average Bonchev–Trinajstić information content (AvgIpc) is 2.88. The van der Waals surface area contributed by atoms with Crippen molar-refractivity contribution in [2.24, 2.45) is 5.41 Å². The molecule has 1 aromatic rings. The lowest BCUT2D eigenvalue weighted by Crippen LogP contribution is -2.26. The Morgan fingerprint density at radius 2 is 1.85 bits per heavy atom. The van der Waals surface area contributed by atoms with Crippen molar-refractivity contribution < 1.29 is 23.5 Å². The van der Waals surface area contributed by atoms with Gasteiger partial charge in [0.25, 0.3) is 5.91 Å². The second kappa shape index (κ2) is 8.52. The van der Waals surface area contributed by atoms with E-state index in [2.05, 4.69) is 10.1 Å². The number of carbonyl (C=O) groups excluding carboxylic acids is 3. The fraction of sp³-hybridized carbons (Fsp3) is 0.650. The van der Waals surface area contributed by atoms with Crippen LogP contribution in [0.5, 0.6) is 0 Å². The number of Topliss-reactive ketones (excluding diaryl/α,β-unsaturated/α-hetero) is 1. The highest BCUT2D eigenvalue weighted by atomic mass is 16.5. The van der Waals surface area contributed by atoms with Gasteiger partial charge in [0.2, 0.25) is 0 Å². The molecule has 6 nitrogen and oxygen atoms in total. The van der Waals surface area contributed by atoms with E-state index in [0.717, 1.165) is 25.7 Å². The molecule has 2 rings (SSSR count). The first kappa shape index (κ1) is 20.2. The maximum absolute atomic E-state index is 12.4. The summed E-state index contributed by atoms with van der Waals surface area (Å²) in [7, 11) is 1.39. The van der Waals surface area contributed by atoms with E-state index in [1.54, 1.807) is 6.92 Å². The van der Waals surface area contributed by atoms with E-state index in [4.69, 9.17) is 4.42 Å². The van der Waals surface area contributed by atoms with Crippen LogP contribution >= 0.6 is 0 Å². The Morgan fingerprint density at radius 3 is 2.54 bits per heavy atom. The van der Waals surface area contributed by atoms with Gasteiger partial charge in [-0.25, -0.2) is 0 Å². The molecule has 0 saturated carbocycles. The van der Waals surface area contributed by atoms with Crippen LogP contribution in [0.25, 0.3) is 0 Å². The van der Waals surface area contributed by atoms with E-state index < -0.39 is 0 Å². The third-order valence-electron chi connectivity index (χ3n) is 4.80. The predicted molar refractivity (Wildman–Crippen MR) is 97.3 cm³/mol. The number of unbranched alkanes of at least 4 members (excludes halogenated alkanes) is 3. The number of ketones is 1. The summed E-state index contributed by atoms with van der Waals surface area (Å²) in [5.41, 5.74) is 1.11. The molecule has 1 heterocycles. The fourth-order valence-electron chi connectivity index (χ4n) is 3.43. The van der Waals surface area contributed by atoms with Crippen LogP contribution in [-0.2, 0) is 16.0 Å². The van der Waals surface area contributed by atoms with Crippen LogP contribution in [0.4, 0.5) is 0 Å². The van der Waals surface area contributed by atoms with Crippen molar-refractivity contribution in [1.29, 1.82) is 0 Å². The Bertz CT molecular complexity index is 687. The van der Waals surface area contributed by atoms with Crippen molar-refractivity contribution in [3.63, 3.8) is 0 Å². The Hall–Kier alpha value is -2.11. The third-order valence-corrected chi connectivity index (χ3v) is 4.80. The Labute approximate surface area is 154 Å². The van der Waals surface area contributed by atoms with Crippen LogP contribution in [-0.4, -0.2) is 31.3 Å². The Morgan fingerprint density at radius 1 is 1.15 bits per heavy atom. The molecular formula is C20H29NO5. The first-order valence-corrected chi connectivity index (χ1v) is 9.25. The summed E-state index contributed by atoms with van der Waals surface area (Å²) >= 11 is 0. The molecule has 1 aliphatic carbocycles. The zero-order chi connectivity index (χ0) is 19.3. The molecule has 1 amide bonds. The van der Waals surface area contributed by atoms with Crippen LogP contribution in [0.3, 0.4) is 0 Å². The molecule has 6 heteroatoms. The maximum Gasteiger partial charge on any atom is 0.305 e. The highest BCUT2D eigenvalue weighted by Crippen LogP contribution is 2.38. The molecule has 0 radical (unpaired) electrons. The third kappa shape index (κ3) is 4.96. The van der Waals surface area contributed by atoms with Crippen LogP contribution in [0, 0.1) is 12.3 Å². The molecule has 144 valence electrons. The van der Waals surface area contributed by atoms with Crippen LogP contribution in [0.15, 0.2) is 4.42 Å². The summed E-state index contributed by atoms with van der Waals surface area (Å²) in [6.45, 7) is 6.39. The summed E-state index contributed by atoms with van der Waals surface area (Å²) in [5.74, 6) is 0.496. The number of nitrogens with one attached hydrogen (secondary N) is 1. The first-order chi connectivity index (χ1) is 12.2. The predicted octanol–water partition coefficient (Wildman–Crippen LogP) is 3.60. The summed E-state index contributed by atoms with van der Waals surface area (Å²) in [4.78, 5) is 35.8. The molecule has 0 unspecified atom stereocenters. The number of rotatable bonds is 8. The number of fused-ring (bicyclic) bond motifs is 1. The van der Waals surface area contributed by atoms with Gasteiger partial charge in [-0.3, -0.25) is 14.4 Å². The molecule has 0 aromatic carbocycles. The van der Waals surface area contributed by atoms with Crippen molar-refractivity contribution >= 4 is 17.7 Å². The highest BCUT2D eigenvalue weighted by molar-refractivity contribution is 6.03. The minimum atomic E-state index is -0.267. The molecule has 1 aliphatic rings. The summed E-state index contributed by atoms with van der Waals surface area (Å²) in [6.07, 6.45) is 5.06. The normalized spacial score (nSPS) is 15.5. The number of hydrogen-bond acceptors (Lipinski definition) is 5. The van der Waals surface area contributed by atoms with E-state index >= 15 is 0 Å². The van der Waals surface area contributed by atoms with Crippen LogP contribution in [0.2, 0.25) is 0 Å². The van der Waals surface area contributed by atoms with E-state index in [1.165, 1.54) is 7.11 Å². The van der Waals surface area contributed by atoms with Gasteiger partial charge >= 0.3 is 5.97 Å². The van der Waals surface area contributed by atoms with Gasteiger partial charge in [-0.15, -0.1) is 0 Å². The van der Waals surface area contributed by atoms with Gasteiger partial charge in [-0.1, -0.05) is 26.7 Å². The molecular weight excluding hydrogens is 334 g/mol. The largest absolute Gasteiger partial charge is 0.469 e. The molecule has 0 aliphatic heterocycles. The number of hydrogen-bond donors (Lipinski definition) is 1. The van der Waals surface area contributed by atoms with Gasteiger partial charge < -0.3 is 14.5 Å². The molecule has 0 spiro atoms. The van der Waals surface area contributed by atoms with Crippen molar-refractivity contribution in [3.05, 3.63) is 22.6 Å². The standard InChI is InChI=1S/C20H29NO5/c1-13-17-14(22)11-20(2,3)12-15(17)26-18(13)19(24)21-10-8-6-5-7-9-16(23)25-4/h5-12H2,1-4H3,(H,21,24). The van der Waals surface area contributed by atoms with E-state index in [-0.39, 0.29) is 28.8 Å². The monoisotopic (exact) mass is 363 g/mol. The zero-order valence-corrected chi connectivity index (χ0v) is 16.2. The van der Waals surface area contributed by atoms with Gasteiger partial charge in [0.05, 0.1) is 12.7 Å². The van der Waals surface area contributed by atoms with E-state index in [9.17, 15) is 14.4 Å². The topological polar surface area (TPSA) is 85.6 Å². The SMILES string of the molecule is COC(=O)CCCCCCNC(=O)c1oc2c(c1C)C(=O)CC(C)(C)C2. The molecule has 1 aromatic heterocycles. The maximum atomic E-state index is 12.4. The molecule has 0 fully saturated rings.